The summed E-state index contributed by atoms with van der Waals surface area (Å²) in [5.41, 5.74) is -0.437. The Kier molecular flexibility index (Phi) is 11.3. The Hall–Kier alpha value is -0.301. The summed E-state index contributed by atoms with van der Waals surface area (Å²) in [4.78, 5) is 19.5. The molecule has 1 aromatic rings. The summed E-state index contributed by atoms with van der Waals surface area (Å²) in [6.07, 6.45) is 11.2. The van der Waals surface area contributed by atoms with Gasteiger partial charge in [0.25, 0.3) is 0 Å². The predicted molar refractivity (Wildman–Crippen MR) is 141 cm³/mol. The topological polar surface area (TPSA) is 42.4 Å². The quantitative estimate of drug-likeness (QED) is 0.258. The van der Waals surface area contributed by atoms with Gasteiger partial charge in [0.05, 0.1) is 0 Å². The molecule has 1 saturated heterocycles. The first kappa shape index (κ1) is 27.9. The van der Waals surface area contributed by atoms with Crippen molar-refractivity contribution in [1.29, 1.82) is 0 Å². The first-order valence-corrected chi connectivity index (χ1v) is 21.4. The molecule has 0 radical (unpaired) electrons. The van der Waals surface area contributed by atoms with Crippen LogP contribution >= 0.6 is 11.3 Å². The molecule has 0 N–H and O–H groups in total. The second kappa shape index (κ2) is 13.0. The maximum absolute atomic E-state index is 12.5. The molecular formula is C26H48N2O2SSn. The molecule has 0 saturated carbocycles. The van der Waals surface area contributed by atoms with Crippen molar-refractivity contribution in [3.05, 3.63) is 11.2 Å². The number of amides is 1. The van der Waals surface area contributed by atoms with E-state index in [0.717, 1.165) is 19.5 Å². The average Bonchev–Trinajstić information content (AvgIpc) is 3.22. The van der Waals surface area contributed by atoms with Crippen LogP contribution in [0.2, 0.25) is 13.3 Å². The van der Waals surface area contributed by atoms with Gasteiger partial charge in [-0.3, -0.25) is 0 Å². The van der Waals surface area contributed by atoms with Crippen LogP contribution in [0.1, 0.15) is 104 Å². The van der Waals surface area contributed by atoms with Gasteiger partial charge < -0.3 is 0 Å². The summed E-state index contributed by atoms with van der Waals surface area (Å²) >= 11 is -0.334. The van der Waals surface area contributed by atoms with Crippen molar-refractivity contribution in [2.45, 2.75) is 118 Å². The fraction of sp³-hybridized carbons (Fsp3) is 0.846. The van der Waals surface area contributed by atoms with Gasteiger partial charge in [0.1, 0.15) is 0 Å². The predicted octanol–water partition coefficient (Wildman–Crippen LogP) is 7.56. The van der Waals surface area contributed by atoms with E-state index in [2.05, 4.69) is 45.2 Å². The number of carbonyl (C=O) groups is 1. The molecule has 0 bridgehead atoms. The van der Waals surface area contributed by atoms with Crippen LogP contribution in [0.3, 0.4) is 0 Å². The van der Waals surface area contributed by atoms with E-state index in [1.54, 1.807) is 2.89 Å². The van der Waals surface area contributed by atoms with Gasteiger partial charge >= 0.3 is 207 Å². The number of rotatable bonds is 11. The fourth-order valence-corrected chi connectivity index (χ4v) is 25.0. The average molecular weight is 571 g/mol. The van der Waals surface area contributed by atoms with E-state index >= 15 is 0 Å². The minimum atomic E-state index is -2.40. The summed E-state index contributed by atoms with van der Waals surface area (Å²) in [6, 6.07) is 0. The van der Waals surface area contributed by atoms with Gasteiger partial charge in [-0.15, -0.1) is 0 Å². The molecule has 1 amide bonds. The Morgan fingerprint density at radius 1 is 1.12 bits per heavy atom. The van der Waals surface area contributed by atoms with Crippen molar-refractivity contribution < 1.29 is 9.53 Å². The Morgan fingerprint density at radius 2 is 1.69 bits per heavy atom. The SMILES string of the molecule is CCC[CH2][Sn]([CH2]CCC)([CH2]CCC)[c]1cnc(C2CCN(C(=O)OC(C)(C)C)CC2C)s1. The molecular weight excluding hydrogens is 523 g/mol. The summed E-state index contributed by atoms with van der Waals surface area (Å²) < 4.78 is 11.8. The van der Waals surface area contributed by atoms with Crippen molar-refractivity contribution in [2.75, 3.05) is 13.1 Å². The third-order valence-electron chi connectivity index (χ3n) is 6.95. The maximum atomic E-state index is 12.5. The van der Waals surface area contributed by atoms with Crippen LogP contribution in [0.15, 0.2) is 6.20 Å². The van der Waals surface area contributed by atoms with E-state index in [-0.39, 0.29) is 6.09 Å². The van der Waals surface area contributed by atoms with Crippen LogP contribution in [-0.2, 0) is 4.74 Å². The van der Waals surface area contributed by atoms with E-state index in [1.165, 1.54) is 56.8 Å². The van der Waals surface area contributed by atoms with Crippen LogP contribution in [0, 0.1) is 5.92 Å². The molecule has 1 aliphatic heterocycles. The van der Waals surface area contributed by atoms with Crippen LogP contribution < -0.4 is 2.89 Å². The molecule has 2 unspecified atom stereocenters. The van der Waals surface area contributed by atoms with Crippen molar-refractivity contribution >= 4 is 38.7 Å². The molecule has 0 aliphatic carbocycles. The Bertz CT molecular complexity index is 678. The summed E-state index contributed by atoms with van der Waals surface area (Å²) in [5.74, 6) is 0.891. The zero-order chi connectivity index (χ0) is 23.8. The summed E-state index contributed by atoms with van der Waals surface area (Å²) in [5, 5.41) is 1.34. The van der Waals surface area contributed by atoms with Crippen LogP contribution in [0.5, 0.6) is 0 Å². The second-order valence-electron chi connectivity index (χ2n) is 11.0. The second-order valence-corrected chi connectivity index (χ2v) is 26.2. The number of thiazole rings is 1. The number of aromatic nitrogens is 1. The minimum absolute atomic E-state index is 0.170. The van der Waals surface area contributed by atoms with Gasteiger partial charge in [-0.05, 0) is 0 Å². The molecule has 32 heavy (non-hydrogen) atoms. The van der Waals surface area contributed by atoms with Gasteiger partial charge in [-0.25, -0.2) is 0 Å². The fourth-order valence-electron chi connectivity index (χ4n) is 5.00. The molecule has 1 aliphatic rings. The van der Waals surface area contributed by atoms with E-state index < -0.39 is 24.0 Å². The molecule has 0 aromatic carbocycles. The van der Waals surface area contributed by atoms with Gasteiger partial charge in [-0.2, -0.15) is 0 Å². The standard InChI is InChI=1S/C14H21N2O2S.3C4H9.Sn/c1-10-9-16(13(17)18-14(2,3)4)7-5-11(10)12-15-6-8-19-12;3*1-3-4-2;/h6,10-11H,5,7,9H2,1-4H3;3*1,3-4H2,2H3;. The van der Waals surface area contributed by atoms with Crippen LogP contribution in [-0.4, -0.2) is 53.0 Å². The van der Waals surface area contributed by atoms with E-state index in [1.807, 2.05) is 25.7 Å². The third-order valence-corrected chi connectivity index (χ3v) is 26.2. The van der Waals surface area contributed by atoms with Crippen molar-refractivity contribution in [3.8, 4) is 0 Å². The van der Waals surface area contributed by atoms with Gasteiger partial charge in [0.15, 0.2) is 0 Å². The Labute approximate surface area is 205 Å². The zero-order valence-corrected chi connectivity index (χ0v) is 25.5. The Morgan fingerprint density at radius 3 is 2.16 bits per heavy atom. The monoisotopic (exact) mass is 572 g/mol. The number of unbranched alkanes of at least 4 members (excludes halogenated alkanes) is 3. The number of hydrogen-bond donors (Lipinski definition) is 0. The molecule has 2 atom stereocenters. The first-order valence-electron chi connectivity index (χ1n) is 13.1. The third kappa shape index (κ3) is 7.88. The van der Waals surface area contributed by atoms with E-state index in [9.17, 15) is 4.79 Å². The molecule has 2 heterocycles. The molecule has 0 spiro atoms. The summed E-state index contributed by atoms with van der Waals surface area (Å²) in [6.45, 7) is 16.7. The van der Waals surface area contributed by atoms with Crippen LogP contribution in [0.25, 0.3) is 0 Å². The molecule has 1 aromatic heterocycles. The molecule has 184 valence electrons. The molecule has 2 rings (SSSR count). The normalized spacial score (nSPS) is 19.9. The number of likely N-dealkylation sites (tertiary alicyclic amines) is 1. The zero-order valence-electron chi connectivity index (χ0n) is 21.8. The first-order chi connectivity index (χ1) is 15.2. The van der Waals surface area contributed by atoms with E-state index in [4.69, 9.17) is 9.72 Å². The van der Waals surface area contributed by atoms with Crippen molar-refractivity contribution in [2.24, 2.45) is 5.92 Å². The summed E-state index contributed by atoms with van der Waals surface area (Å²) in [7, 11) is 0. The number of ether oxygens (including phenoxy) is 1. The van der Waals surface area contributed by atoms with Crippen LogP contribution in [0.4, 0.5) is 4.79 Å². The van der Waals surface area contributed by atoms with Crippen molar-refractivity contribution in [3.63, 3.8) is 0 Å². The number of carbonyl (C=O) groups excluding carboxylic acids is 1. The van der Waals surface area contributed by atoms with Gasteiger partial charge in [0.2, 0.25) is 0 Å². The van der Waals surface area contributed by atoms with Gasteiger partial charge in [-0.1, -0.05) is 0 Å². The molecule has 1 fully saturated rings. The number of hydrogen-bond acceptors (Lipinski definition) is 4. The molecule has 6 heteroatoms. The van der Waals surface area contributed by atoms with Gasteiger partial charge in [0, 0.05) is 0 Å². The van der Waals surface area contributed by atoms with Crippen molar-refractivity contribution in [1.82, 2.24) is 9.88 Å². The van der Waals surface area contributed by atoms with E-state index in [0.29, 0.717) is 11.8 Å². The Balaban J connectivity index is 2.16. The molecule has 4 nitrogen and oxygen atoms in total. The number of piperidine rings is 1. The number of nitrogens with zero attached hydrogens (tertiary/aromatic N) is 2.